The standard InChI is InChI=1S/C19H32N4/c1-5-20-19(22-18-12-15(18)4)21-13-16-10-8-9-11-17(16)14-23(6-2)7-3/h8-11,15,18H,5-7,12-14H2,1-4H3,(H2,20,21,22). The van der Waals surface area contributed by atoms with Crippen LogP contribution in [0, 0.1) is 5.92 Å². The summed E-state index contributed by atoms with van der Waals surface area (Å²) in [5.41, 5.74) is 2.70. The Labute approximate surface area is 141 Å². The Balaban J connectivity index is 2.03. The molecule has 0 aromatic heterocycles. The molecule has 23 heavy (non-hydrogen) atoms. The molecule has 1 aliphatic rings. The molecule has 2 N–H and O–H groups in total. The lowest BCUT2D eigenvalue weighted by molar-refractivity contribution is 0.295. The van der Waals surface area contributed by atoms with E-state index in [1.165, 1.54) is 17.5 Å². The molecule has 0 amide bonds. The van der Waals surface area contributed by atoms with Crippen molar-refractivity contribution >= 4 is 5.96 Å². The van der Waals surface area contributed by atoms with E-state index in [9.17, 15) is 0 Å². The van der Waals surface area contributed by atoms with Gasteiger partial charge in [0.25, 0.3) is 0 Å². The van der Waals surface area contributed by atoms with E-state index in [0.717, 1.165) is 44.6 Å². The second-order valence-electron chi connectivity index (χ2n) is 6.39. The minimum Gasteiger partial charge on any atom is -0.357 e. The van der Waals surface area contributed by atoms with Crippen LogP contribution in [0.15, 0.2) is 29.3 Å². The van der Waals surface area contributed by atoms with E-state index in [-0.39, 0.29) is 0 Å². The number of hydrogen-bond donors (Lipinski definition) is 2. The van der Waals surface area contributed by atoms with Gasteiger partial charge in [0.1, 0.15) is 0 Å². The number of nitrogens with one attached hydrogen (secondary N) is 2. The Morgan fingerprint density at radius 3 is 2.39 bits per heavy atom. The maximum atomic E-state index is 4.79. The zero-order valence-corrected chi connectivity index (χ0v) is 15.1. The van der Waals surface area contributed by atoms with Crippen molar-refractivity contribution in [3.63, 3.8) is 0 Å². The first kappa shape index (κ1) is 17.8. The summed E-state index contributed by atoms with van der Waals surface area (Å²) in [5, 5.41) is 6.88. The smallest absolute Gasteiger partial charge is 0.191 e. The fourth-order valence-corrected chi connectivity index (χ4v) is 2.74. The predicted molar refractivity (Wildman–Crippen MR) is 98.6 cm³/mol. The maximum Gasteiger partial charge on any atom is 0.191 e. The van der Waals surface area contributed by atoms with Crippen molar-refractivity contribution in [2.24, 2.45) is 10.9 Å². The summed E-state index contributed by atoms with van der Waals surface area (Å²) in [6.45, 7) is 13.6. The topological polar surface area (TPSA) is 39.7 Å². The highest BCUT2D eigenvalue weighted by Gasteiger charge is 2.33. The molecular formula is C19H32N4. The van der Waals surface area contributed by atoms with Crippen LogP contribution in [0.1, 0.15) is 45.2 Å². The lowest BCUT2D eigenvalue weighted by Crippen LogP contribution is -2.39. The fraction of sp³-hybridized carbons (Fsp3) is 0.632. The highest BCUT2D eigenvalue weighted by atomic mass is 15.2. The van der Waals surface area contributed by atoms with Gasteiger partial charge in [-0.1, -0.05) is 45.0 Å². The second-order valence-corrected chi connectivity index (χ2v) is 6.39. The molecule has 1 aromatic rings. The molecule has 0 radical (unpaired) electrons. The molecule has 1 fully saturated rings. The summed E-state index contributed by atoms with van der Waals surface area (Å²) in [4.78, 5) is 7.24. The van der Waals surface area contributed by atoms with Crippen molar-refractivity contribution in [3.05, 3.63) is 35.4 Å². The van der Waals surface area contributed by atoms with Crippen molar-refractivity contribution in [1.29, 1.82) is 0 Å². The number of benzene rings is 1. The summed E-state index contributed by atoms with van der Waals surface area (Å²) >= 11 is 0. The third kappa shape index (κ3) is 5.54. The molecular weight excluding hydrogens is 284 g/mol. The van der Waals surface area contributed by atoms with Crippen LogP contribution in [-0.2, 0) is 13.1 Å². The normalized spacial score (nSPS) is 20.7. The molecule has 0 spiro atoms. The van der Waals surface area contributed by atoms with Crippen molar-refractivity contribution in [3.8, 4) is 0 Å². The average Bonchev–Trinajstić information content (AvgIpc) is 3.26. The number of guanidine groups is 1. The van der Waals surface area contributed by atoms with Gasteiger partial charge in [-0.3, -0.25) is 4.90 Å². The van der Waals surface area contributed by atoms with Gasteiger partial charge in [0.15, 0.2) is 5.96 Å². The highest BCUT2D eigenvalue weighted by Crippen LogP contribution is 2.28. The van der Waals surface area contributed by atoms with Gasteiger partial charge in [-0.15, -0.1) is 0 Å². The van der Waals surface area contributed by atoms with E-state index in [1.807, 2.05) is 0 Å². The molecule has 1 aromatic carbocycles. The van der Waals surface area contributed by atoms with Crippen LogP contribution >= 0.6 is 0 Å². The minimum absolute atomic E-state index is 0.596. The predicted octanol–water partition coefficient (Wildman–Crippen LogP) is 2.99. The highest BCUT2D eigenvalue weighted by molar-refractivity contribution is 5.80. The summed E-state index contributed by atoms with van der Waals surface area (Å²) in [6.07, 6.45) is 1.25. The van der Waals surface area contributed by atoms with E-state index in [2.05, 4.69) is 67.5 Å². The Morgan fingerprint density at radius 1 is 1.17 bits per heavy atom. The molecule has 128 valence electrons. The van der Waals surface area contributed by atoms with Crippen molar-refractivity contribution in [2.45, 2.75) is 53.2 Å². The summed E-state index contributed by atoms with van der Waals surface area (Å²) in [6, 6.07) is 9.26. The summed E-state index contributed by atoms with van der Waals surface area (Å²) in [7, 11) is 0. The molecule has 0 aliphatic heterocycles. The second kappa shape index (κ2) is 8.92. The number of rotatable bonds is 8. The molecule has 0 bridgehead atoms. The molecule has 2 unspecified atom stereocenters. The van der Waals surface area contributed by atoms with Gasteiger partial charge < -0.3 is 10.6 Å². The molecule has 4 nitrogen and oxygen atoms in total. The van der Waals surface area contributed by atoms with E-state index >= 15 is 0 Å². The molecule has 1 aliphatic carbocycles. The minimum atomic E-state index is 0.596. The molecule has 2 rings (SSSR count). The third-order valence-electron chi connectivity index (χ3n) is 4.59. The van der Waals surface area contributed by atoms with E-state index in [0.29, 0.717) is 6.04 Å². The maximum absolute atomic E-state index is 4.79. The molecule has 0 heterocycles. The summed E-state index contributed by atoms with van der Waals surface area (Å²) in [5.74, 6) is 1.72. The van der Waals surface area contributed by atoms with Crippen LogP contribution in [0.3, 0.4) is 0 Å². The van der Waals surface area contributed by atoms with E-state index in [1.54, 1.807) is 0 Å². The number of hydrogen-bond acceptors (Lipinski definition) is 2. The first-order valence-corrected chi connectivity index (χ1v) is 9.01. The number of aliphatic imine (C=N–C) groups is 1. The Morgan fingerprint density at radius 2 is 1.83 bits per heavy atom. The molecule has 2 atom stereocenters. The zero-order valence-electron chi connectivity index (χ0n) is 15.1. The largest absolute Gasteiger partial charge is 0.357 e. The number of nitrogens with zero attached hydrogens (tertiary/aromatic N) is 2. The summed E-state index contributed by atoms with van der Waals surface area (Å²) < 4.78 is 0. The Kier molecular flexibility index (Phi) is 6.90. The van der Waals surface area contributed by atoms with Gasteiger partial charge in [0.2, 0.25) is 0 Å². The first-order chi connectivity index (χ1) is 11.2. The zero-order chi connectivity index (χ0) is 16.7. The lowest BCUT2D eigenvalue weighted by atomic mass is 10.1. The molecule has 0 saturated heterocycles. The molecule has 4 heteroatoms. The SMILES string of the molecule is CCNC(=NCc1ccccc1CN(CC)CC)NC1CC1C. The third-order valence-corrected chi connectivity index (χ3v) is 4.59. The quantitative estimate of drug-likeness (QED) is 0.572. The van der Waals surface area contributed by atoms with Crippen molar-refractivity contribution < 1.29 is 0 Å². The van der Waals surface area contributed by atoms with Crippen LogP contribution in [0.4, 0.5) is 0 Å². The van der Waals surface area contributed by atoms with E-state index < -0.39 is 0 Å². The van der Waals surface area contributed by atoms with Crippen LogP contribution in [0.2, 0.25) is 0 Å². The van der Waals surface area contributed by atoms with Crippen molar-refractivity contribution in [1.82, 2.24) is 15.5 Å². The van der Waals surface area contributed by atoms with Crippen LogP contribution in [0.25, 0.3) is 0 Å². The van der Waals surface area contributed by atoms with Gasteiger partial charge in [-0.25, -0.2) is 4.99 Å². The van der Waals surface area contributed by atoms with Crippen LogP contribution in [-0.4, -0.2) is 36.5 Å². The van der Waals surface area contributed by atoms with Gasteiger partial charge in [0.05, 0.1) is 6.54 Å². The fourth-order valence-electron chi connectivity index (χ4n) is 2.74. The Hall–Kier alpha value is -1.55. The Bertz CT molecular complexity index is 508. The van der Waals surface area contributed by atoms with Crippen LogP contribution < -0.4 is 10.6 Å². The van der Waals surface area contributed by atoms with Gasteiger partial charge in [-0.2, -0.15) is 0 Å². The first-order valence-electron chi connectivity index (χ1n) is 9.01. The van der Waals surface area contributed by atoms with Crippen molar-refractivity contribution in [2.75, 3.05) is 19.6 Å². The monoisotopic (exact) mass is 316 g/mol. The lowest BCUT2D eigenvalue weighted by Gasteiger charge is -2.20. The van der Waals surface area contributed by atoms with Gasteiger partial charge in [0, 0.05) is 19.1 Å². The van der Waals surface area contributed by atoms with E-state index in [4.69, 9.17) is 4.99 Å². The molecule has 1 saturated carbocycles. The van der Waals surface area contributed by atoms with Crippen LogP contribution in [0.5, 0.6) is 0 Å². The average molecular weight is 316 g/mol. The van der Waals surface area contributed by atoms with Gasteiger partial charge in [-0.05, 0) is 43.5 Å². The van der Waals surface area contributed by atoms with Gasteiger partial charge >= 0.3 is 0 Å².